The van der Waals surface area contributed by atoms with Crippen molar-refractivity contribution in [2.24, 2.45) is 0 Å². The molecule has 1 aromatic rings. The quantitative estimate of drug-likeness (QED) is 0.700. The van der Waals surface area contributed by atoms with Crippen LogP contribution in [-0.4, -0.2) is 14.1 Å². The number of hydrogen-bond acceptors (Lipinski definition) is 1. The Bertz CT molecular complexity index is 240. The SMILES string of the molecule is CN(C)c1cc(F)cc(Br)c1. The molecular formula is C8H9BrFN. The molecule has 0 aliphatic carbocycles. The van der Waals surface area contributed by atoms with E-state index in [9.17, 15) is 4.39 Å². The van der Waals surface area contributed by atoms with Gasteiger partial charge in [0, 0.05) is 24.3 Å². The van der Waals surface area contributed by atoms with E-state index in [1.165, 1.54) is 12.1 Å². The predicted molar refractivity (Wildman–Crippen MR) is 48.4 cm³/mol. The monoisotopic (exact) mass is 217 g/mol. The third-order valence-corrected chi connectivity index (χ3v) is 1.82. The molecule has 60 valence electrons. The Morgan fingerprint density at radius 1 is 1.27 bits per heavy atom. The van der Waals surface area contributed by atoms with E-state index in [0.717, 1.165) is 10.2 Å². The van der Waals surface area contributed by atoms with Gasteiger partial charge in [-0.05, 0) is 18.2 Å². The summed E-state index contributed by atoms with van der Waals surface area (Å²) in [5.74, 6) is -0.219. The second kappa shape index (κ2) is 3.22. The summed E-state index contributed by atoms with van der Waals surface area (Å²) in [6.45, 7) is 0. The first-order valence-electron chi connectivity index (χ1n) is 3.23. The van der Waals surface area contributed by atoms with E-state index in [4.69, 9.17) is 0 Å². The van der Waals surface area contributed by atoms with Crippen LogP contribution in [0.2, 0.25) is 0 Å². The molecule has 0 aliphatic heterocycles. The molecular weight excluding hydrogens is 209 g/mol. The first-order chi connectivity index (χ1) is 5.09. The molecule has 1 nitrogen and oxygen atoms in total. The van der Waals surface area contributed by atoms with E-state index < -0.39 is 0 Å². The summed E-state index contributed by atoms with van der Waals surface area (Å²) in [4.78, 5) is 1.86. The summed E-state index contributed by atoms with van der Waals surface area (Å²) >= 11 is 3.21. The molecule has 0 saturated heterocycles. The Morgan fingerprint density at radius 3 is 2.36 bits per heavy atom. The van der Waals surface area contributed by atoms with Gasteiger partial charge in [0.1, 0.15) is 5.82 Å². The van der Waals surface area contributed by atoms with Crippen LogP contribution in [0.15, 0.2) is 22.7 Å². The van der Waals surface area contributed by atoms with E-state index in [0.29, 0.717) is 0 Å². The van der Waals surface area contributed by atoms with Gasteiger partial charge in [0.25, 0.3) is 0 Å². The molecule has 0 saturated carbocycles. The van der Waals surface area contributed by atoms with Crippen molar-refractivity contribution in [1.29, 1.82) is 0 Å². The fourth-order valence-corrected chi connectivity index (χ4v) is 1.25. The number of hydrogen-bond donors (Lipinski definition) is 0. The largest absolute Gasteiger partial charge is 0.378 e. The van der Waals surface area contributed by atoms with Gasteiger partial charge in [0.15, 0.2) is 0 Å². The minimum Gasteiger partial charge on any atom is -0.378 e. The Kier molecular flexibility index (Phi) is 2.49. The second-order valence-corrected chi connectivity index (χ2v) is 3.44. The number of nitrogens with zero attached hydrogens (tertiary/aromatic N) is 1. The molecule has 3 heteroatoms. The van der Waals surface area contributed by atoms with Crippen molar-refractivity contribution >= 4 is 21.6 Å². The van der Waals surface area contributed by atoms with E-state index >= 15 is 0 Å². The van der Waals surface area contributed by atoms with Gasteiger partial charge in [-0.2, -0.15) is 0 Å². The van der Waals surface area contributed by atoms with Gasteiger partial charge in [0.05, 0.1) is 0 Å². The first-order valence-corrected chi connectivity index (χ1v) is 4.02. The average molecular weight is 218 g/mol. The highest BCUT2D eigenvalue weighted by Gasteiger charge is 1.99. The molecule has 1 aromatic carbocycles. The molecule has 0 amide bonds. The van der Waals surface area contributed by atoms with Crippen molar-refractivity contribution in [2.45, 2.75) is 0 Å². The number of halogens is 2. The predicted octanol–water partition coefficient (Wildman–Crippen LogP) is 2.65. The first kappa shape index (κ1) is 8.53. The van der Waals surface area contributed by atoms with Crippen molar-refractivity contribution in [1.82, 2.24) is 0 Å². The number of rotatable bonds is 1. The highest BCUT2D eigenvalue weighted by molar-refractivity contribution is 9.10. The van der Waals surface area contributed by atoms with Crippen molar-refractivity contribution < 1.29 is 4.39 Å². The summed E-state index contributed by atoms with van der Waals surface area (Å²) in [5.41, 5.74) is 0.858. The van der Waals surface area contributed by atoms with Crippen molar-refractivity contribution in [2.75, 3.05) is 19.0 Å². The number of benzene rings is 1. The van der Waals surface area contributed by atoms with Gasteiger partial charge < -0.3 is 4.90 Å². The van der Waals surface area contributed by atoms with Gasteiger partial charge in [-0.15, -0.1) is 0 Å². The molecule has 0 aromatic heterocycles. The smallest absolute Gasteiger partial charge is 0.126 e. The van der Waals surface area contributed by atoms with Gasteiger partial charge in [-0.3, -0.25) is 0 Å². The fraction of sp³-hybridized carbons (Fsp3) is 0.250. The third kappa shape index (κ3) is 2.19. The molecule has 0 bridgehead atoms. The standard InChI is InChI=1S/C8H9BrFN/c1-11(2)8-4-6(9)3-7(10)5-8/h3-5H,1-2H3. The zero-order valence-corrected chi connectivity index (χ0v) is 8.02. The van der Waals surface area contributed by atoms with Crippen LogP contribution < -0.4 is 4.90 Å². The summed E-state index contributed by atoms with van der Waals surface area (Å²) < 4.78 is 13.5. The van der Waals surface area contributed by atoms with Gasteiger partial charge in [-0.1, -0.05) is 15.9 Å². The highest BCUT2D eigenvalue weighted by Crippen LogP contribution is 2.20. The Morgan fingerprint density at radius 2 is 1.91 bits per heavy atom. The molecule has 0 unspecified atom stereocenters. The van der Waals surface area contributed by atoms with Crippen LogP contribution in [0, 0.1) is 5.82 Å². The molecule has 0 spiro atoms. The van der Waals surface area contributed by atoms with E-state index in [1.54, 1.807) is 0 Å². The van der Waals surface area contributed by atoms with Crippen LogP contribution >= 0.6 is 15.9 Å². The Hall–Kier alpha value is -0.570. The lowest BCUT2D eigenvalue weighted by molar-refractivity contribution is 0.627. The van der Waals surface area contributed by atoms with Gasteiger partial charge >= 0.3 is 0 Å². The van der Waals surface area contributed by atoms with E-state index in [2.05, 4.69) is 15.9 Å². The van der Waals surface area contributed by atoms with Gasteiger partial charge in [-0.25, -0.2) is 4.39 Å². The maximum Gasteiger partial charge on any atom is 0.126 e. The lowest BCUT2D eigenvalue weighted by Crippen LogP contribution is -2.08. The topological polar surface area (TPSA) is 3.24 Å². The molecule has 1 rings (SSSR count). The minimum absolute atomic E-state index is 0.219. The van der Waals surface area contributed by atoms with E-state index in [1.807, 2.05) is 25.1 Å². The lowest BCUT2D eigenvalue weighted by atomic mass is 10.3. The molecule has 0 N–H and O–H groups in total. The molecule has 0 atom stereocenters. The average Bonchev–Trinajstić information content (AvgIpc) is 1.85. The molecule has 0 fully saturated rings. The maximum atomic E-state index is 12.7. The molecule has 0 radical (unpaired) electrons. The summed E-state index contributed by atoms with van der Waals surface area (Å²) in [6, 6.07) is 4.79. The van der Waals surface area contributed by atoms with Crippen molar-refractivity contribution in [3.63, 3.8) is 0 Å². The Labute approximate surface area is 74.0 Å². The van der Waals surface area contributed by atoms with Crippen LogP contribution in [0.25, 0.3) is 0 Å². The molecule has 0 aliphatic rings. The van der Waals surface area contributed by atoms with Gasteiger partial charge in [0.2, 0.25) is 0 Å². The van der Waals surface area contributed by atoms with Crippen molar-refractivity contribution in [3.8, 4) is 0 Å². The normalized spacial score (nSPS) is 9.82. The van der Waals surface area contributed by atoms with Crippen molar-refractivity contribution in [3.05, 3.63) is 28.5 Å². The summed E-state index contributed by atoms with van der Waals surface area (Å²) in [6.07, 6.45) is 0. The minimum atomic E-state index is -0.219. The van der Waals surface area contributed by atoms with Crippen LogP contribution in [0.3, 0.4) is 0 Å². The Balaban J connectivity index is 3.08. The second-order valence-electron chi connectivity index (χ2n) is 2.52. The van der Waals surface area contributed by atoms with Crippen LogP contribution in [0.1, 0.15) is 0 Å². The molecule has 0 heterocycles. The van der Waals surface area contributed by atoms with Crippen LogP contribution in [0.4, 0.5) is 10.1 Å². The molecule has 11 heavy (non-hydrogen) atoms. The zero-order chi connectivity index (χ0) is 8.43. The zero-order valence-electron chi connectivity index (χ0n) is 6.44. The summed E-state index contributed by atoms with van der Waals surface area (Å²) in [7, 11) is 3.75. The number of anilines is 1. The highest BCUT2D eigenvalue weighted by atomic mass is 79.9. The van der Waals surface area contributed by atoms with E-state index in [-0.39, 0.29) is 5.82 Å². The van der Waals surface area contributed by atoms with Crippen LogP contribution in [-0.2, 0) is 0 Å². The lowest BCUT2D eigenvalue weighted by Gasteiger charge is -2.12. The van der Waals surface area contributed by atoms with Crippen LogP contribution in [0.5, 0.6) is 0 Å². The summed E-state index contributed by atoms with van der Waals surface area (Å²) in [5, 5.41) is 0. The fourth-order valence-electron chi connectivity index (χ4n) is 0.797. The maximum absolute atomic E-state index is 12.7. The third-order valence-electron chi connectivity index (χ3n) is 1.36.